The van der Waals surface area contributed by atoms with Crippen LogP contribution in [0.1, 0.15) is 25.7 Å². The van der Waals surface area contributed by atoms with Crippen molar-refractivity contribution in [2.45, 2.75) is 25.7 Å². The number of halogens is 2. The van der Waals surface area contributed by atoms with Crippen LogP contribution in [0.25, 0.3) is 0 Å². The van der Waals surface area contributed by atoms with E-state index in [2.05, 4.69) is 91.0 Å². The first-order valence-corrected chi connectivity index (χ1v) is 12.0. The van der Waals surface area contributed by atoms with Gasteiger partial charge in [0, 0.05) is 11.8 Å². The molecule has 0 aliphatic heterocycles. The van der Waals surface area contributed by atoms with E-state index in [-0.39, 0.29) is 56.1 Å². The van der Waals surface area contributed by atoms with Crippen LogP contribution in [0.2, 0.25) is 0 Å². The van der Waals surface area contributed by atoms with Crippen molar-refractivity contribution in [2.24, 2.45) is 23.3 Å². The number of hydrogen-bond acceptors (Lipinski definition) is 2. The molecule has 2 unspecified atom stereocenters. The summed E-state index contributed by atoms with van der Waals surface area (Å²) in [6, 6.07) is 32.3. The van der Waals surface area contributed by atoms with Crippen LogP contribution < -0.4 is 52.2 Å². The average Bonchev–Trinajstić information content (AvgIpc) is 2.82. The summed E-state index contributed by atoms with van der Waals surface area (Å²) in [5.74, 6) is -1.43. The first-order valence-electron chi connectivity index (χ1n) is 10.6. The minimum absolute atomic E-state index is 0. The zero-order valence-corrected chi connectivity index (χ0v) is 22.8. The Kier molecular flexibility index (Phi) is 15.9. The van der Waals surface area contributed by atoms with Gasteiger partial charge in [0.1, 0.15) is 0 Å². The minimum atomic E-state index is -0.446. The second-order valence-electron chi connectivity index (χ2n) is 7.64. The summed E-state index contributed by atoms with van der Waals surface area (Å²) in [5, 5.41) is 4.19. The summed E-state index contributed by atoms with van der Waals surface area (Å²) in [5.41, 5.74) is 10.3. The molecule has 3 aromatic rings. The summed E-state index contributed by atoms with van der Waals surface area (Å²) >= 11 is 0. The van der Waals surface area contributed by atoms with Gasteiger partial charge in [-0.2, -0.15) is 0 Å². The van der Waals surface area contributed by atoms with Crippen molar-refractivity contribution < 1.29 is 53.9 Å². The summed E-state index contributed by atoms with van der Waals surface area (Å²) < 4.78 is 0. The molecular weight excluding hydrogens is 575 g/mol. The Morgan fingerprint density at radius 2 is 0.853 bits per heavy atom. The first kappa shape index (κ1) is 32.2. The van der Waals surface area contributed by atoms with Crippen molar-refractivity contribution in [3.8, 4) is 0 Å². The third-order valence-corrected chi connectivity index (χ3v) is 7.98. The molecule has 1 saturated carbocycles. The predicted molar refractivity (Wildman–Crippen MR) is 129 cm³/mol. The number of nitrogens with two attached hydrogens (primary N) is 2. The Morgan fingerprint density at radius 3 is 1.09 bits per heavy atom. The van der Waals surface area contributed by atoms with E-state index >= 15 is 0 Å². The van der Waals surface area contributed by atoms with Crippen molar-refractivity contribution >= 4 is 35.6 Å². The van der Waals surface area contributed by atoms with E-state index < -0.39 is 19.7 Å². The third kappa shape index (κ3) is 9.12. The molecule has 1 fully saturated rings. The quantitative estimate of drug-likeness (QED) is 0.244. The zero-order chi connectivity index (χ0) is 22.1. The molecule has 3 aromatic carbocycles. The second-order valence-corrected chi connectivity index (χ2v) is 9.86. The van der Waals surface area contributed by atoms with Crippen LogP contribution >= 0.6 is 7.92 Å². The molecule has 2 amide bonds. The molecule has 0 heterocycles. The average molecular weight is 604 g/mol. The van der Waals surface area contributed by atoms with Gasteiger partial charge in [0.05, 0.1) is 0 Å². The molecule has 0 saturated heterocycles. The van der Waals surface area contributed by atoms with E-state index in [4.69, 9.17) is 11.5 Å². The Balaban J connectivity index is 0.000000642. The summed E-state index contributed by atoms with van der Waals surface area (Å²) in [6.07, 6.45) is 3.36. The van der Waals surface area contributed by atoms with Crippen LogP contribution in [0.4, 0.5) is 0 Å². The van der Waals surface area contributed by atoms with E-state index in [9.17, 15) is 9.59 Å². The number of benzene rings is 3. The van der Waals surface area contributed by atoms with Gasteiger partial charge in [0.15, 0.2) is 0 Å². The van der Waals surface area contributed by atoms with Gasteiger partial charge in [-0.3, -0.25) is 9.59 Å². The van der Waals surface area contributed by atoms with Crippen LogP contribution in [-0.4, -0.2) is 11.8 Å². The maximum Gasteiger partial charge on any atom is 2.00 e. The molecule has 0 radical (unpaired) electrons. The van der Waals surface area contributed by atoms with Gasteiger partial charge >= 0.3 is 19.5 Å². The van der Waals surface area contributed by atoms with Crippen LogP contribution in [-0.2, 0) is 29.1 Å². The fourth-order valence-electron chi connectivity index (χ4n) is 3.99. The van der Waals surface area contributed by atoms with Crippen molar-refractivity contribution in [3.63, 3.8) is 0 Å². The van der Waals surface area contributed by atoms with Gasteiger partial charge in [-0.1, -0.05) is 104 Å². The van der Waals surface area contributed by atoms with Gasteiger partial charge < -0.3 is 36.3 Å². The van der Waals surface area contributed by atoms with Crippen molar-refractivity contribution in [3.05, 3.63) is 91.0 Å². The first-order chi connectivity index (χ1) is 15.1. The Morgan fingerprint density at radius 1 is 0.588 bits per heavy atom. The molecule has 0 spiro atoms. The summed E-state index contributed by atoms with van der Waals surface area (Å²) in [7, 11) is -0.446. The monoisotopic (exact) mass is 604 g/mol. The van der Waals surface area contributed by atoms with Crippen LogP contribution in [0.5, 0.6) is 0 Å². The molecule has 1 aliphatic rings. The van der Waals surface area contributed by atoms with E-state index in [0.717, 1.165) is 12.8 Å². The van der Waals surface area contributed by atoms with E-state index in [1.807, 2.05) is 0 Å². The van der Waals surface area contributed by atoms with E-state index in [1.54, 1.807) is 0 Å². The van der Waals surface area contributed by atoms with E-state index in [0.29, 0.717) is 12.8 Å². The Bertz CT molecular complexity index is 866. The van der Waals surface area contributed by atoms with Gasteiger partial charge in [-0.05, 0) is 36.7 Å². The van der Waals surface area contributed by atoms with Crippen molar-refractivity contribution in [1.82, 2.24) is 0 Å². The molecule has 2 atom stereocenters. The van der Waals surface area contributed by atoms with Gasteiger partial charge in [0.2, 0.25) is 11.8 Å². The summed E-state index contributed by atoms with van der Waals surface area (Å²) in [4.78, 5) is 21.8. The number of amides is 2. The zero-order valence-electron chi connectivity index (χ0n) is 18.7. The number of primary amides is 2. The Hall–Kier alpha value is -1.77. The molecule has 182 valence electrons. The number of hydrogen-bond donors (Lipinski definition) is 2. The standard InChI is InChI=1S/C18H15P.C8H14N2O2.2ClH.Ru/c1-4-10-16(11-5-1)19(17-12-6-2-7-13-17)18-14-8-3-9-15-18;9-7(11)5-3-1-2-4-6(5)8(10)12;;;/h1-15H;5-6H,1-4H2,(H2,9,11)(H2,10,12);2*1H;/q;;;;+2/p-2. The smallest absolute Gasteiger partial charge is 1.00 e. The molecule has 1 aliphatic carbocycles. The SMILES string of the molecule is NC(=O)C1CCCCC1C(N)=O.[Cl-].[Cl-].[Ru+2].c1ccc(P(c2ccccc2)c2ccccc2)cc1. The third-order valence-electron chi connectivity index (χ3n) is 5.54. The maximum absolute atomic E-state index is 10.9. The predicted octanol–water partition coefficient (Wildman–Crippen LogP) is -2.79. The second kappa shape index (κ2) is 16.8. The summed E-state index contributed by atoms with van der Waals surface area (Å²) in [6.45, 7) is 0. The number of carbonyl (C=O) groups is 2. The maximum atomic E-state index is 10.9. The number of carbonyl (C=O) groups excluding carboxylic acids is 2. The number of rotatable bonds is 5. The van der Waals surface area contributed by atoms with E-state index in [1.165, 1.54) is 15.9 Å². The molecule has 0 bridgehead atoms. The molecule has 34 heavy (non-hydrogen) atoms. The van der Waals surface area contributed by atoms with Crippen LogP contribution in [0.15, 0.2) is 91.0 Å². The fraction of sp³-hybridized carbons (Fsp3) is 0.231. The van der Waals surface area contributed by atoms with Crippen LogP contribution in [0, 0.1) is 11.8 Å². The molecular formula is C26H29Cl2N2O2PRu. The van der Waals surface area contributed by atoms with Gasteiger partial charge in [-0.25, -0.2) is 0 Å². The normalized spacial score (nSPS) is 16.4. The molecule has 4 nitrogen and oxygen atoms in total. The minimum Gasteiger partial charge on any atom is -1.00 e. The van der Waals surface area contributed by atoms with Crippen LogP contribution in [0.3, 0.4) is 0 Å². The van der Waals surface area contributed by atoms with Gasteiger partial charge in [-0.15, -0.1) is 0 Å². The topological polar surface area (TPSA) is 86.2 Å². The molecule has 4 rings (SSSR count). The fourth-order valence-corrected chi connectivity index (χ4v) is 6.30. The Labute approximate surface area is 228 Å². The molecule has 8 heteroatoms. The van der Waals surface area contributed by atoms with Crippen molar-refractivity contribution in [1.29, 1.82) is 0 Å². The van der Waals surface area contributed by atoms with Gasteiger partial charge in [0.25, 0.3) is 0 Å². The molecule has 4 N–H and O–H groups in total. The largest absolute Gasteiger partial charge is 2.00 e. The molecule has 0 aromatic heterocycles. The van der Waals surface area contributed by atoms with Crippen molar-refractivity contribution in [2.75, 3.05) is 0 Å².